The van der Waals surface area contributed by atoms with Gasteiger partial charge in [-0.15, -0.1) is 12.4 Å². The molecule has 0 radical (unpaired) electrons. The maximum atomic E-state index is 13.0. The number of nitrogens with zero attached hydrogens (tertiary/aromatic N) is 2. The molecular formula is C26H40ClN5O5S3. The number of anilines is 1. The number of allylic oxidation sites excluding steroid dienone is 1. The fourth-order valence-corrected chi connectivity index (χ4v) is 7.52. The SMILES string of the molecule is CCCSSC(CCOC(=O)NCCNS(=O)(=O)c1cccc2c(N(C)C)cccc12)=C(C)N(C=O)CCN.Cl. The van der Waals surface area contributed by atoms with Crippen LogP contribution in [0.5, 0.6) is 0 Å². The Hall–Kier alpha value is -2.16. The number of halogens is 1. The molecular weight excluding hydrogens is 594 g/mol. The number of sulfonamides is 1. The zero-order chi connectivity index (χ0) is 28.8. The summed E-state index contributed by atoms with van der Waals surface area (Å²) in [5, 5.41) is 4.03. The first kappa shape index (κ1) is 35.9. The summed E-state index contributed by atoms with van der Waals surface area (Å²) in [6.07, 6.45) is 1.57. The van der Waals surface area contributed by atoms with Crippen LogP contribution in [0.1, 0.15) is 26.7 Å². The number of nitrogens with two attached hydrogens (primary N) is 1. The standard InChI is InChI=1S/C26H39N5O5S3.ClH/c1-5-18-37-38-24(20(2)31(19-32)16-13-27)12-17-36-26(33)28-14-15-29-39(34,35)25-11-7-8-21-22(25)9-6-10-23(21)30(3)4;/h6-11,19,29H,5,12-18,27H2,1-4H3,(H,28,33);1H. The highest BCUT2D eigenvalue weighted by Gasteiger charge is 2.18. The summed E-state index contributed by atoms with van der Waals surface area (Å²) in [5.74, 6) is 0.951. The van der Waals surface area contributed by atoms with Crippen LogP contribution in [0.25, 0.3) is 10.8 Å². The third-order valence-corrected chi connectivity index (χ3v) is 10.0. The number of hydrogen-bond donors (Lipinski definition) is 3. The first-order valence-corrected chi connectivity index (χ1v) is 16.5. The van der Waals surface area contributed by atoms with Gasteiger partial charge < -0.3 is 25.6 Å². The van der Waals surface area contributed by atoms with Crippen LogP contribution in [0.4, 0.5) is 10.5 Å². The molecule has 14 heteroatoms. The quantitative estimate of drug-likeness (QED) is 0.133. The van der Waals surface area contributed by atoms with Crippen molar-refractivity contribution in [2.45, 2.75) is 31.6 Å². The van der Waals surface area contributed by atoms with E-state index in [-0.39, 0.29) is 37.0 Å². The number of fused-ring (bicyclic) bond motifs is 1. The van der Waals surface area contributed by atoms with Crippen molar-refractivity contribution < 1.29 is 22.7 Å². The van der Waals surface area contributed by atoms with Gasteiger partial charge in [0.05, 0.1) is 11.5 Å². The smallest absolute Gasteiger partial charge is 0.407 e. The molecule has 2 rings (SSSR count). The van der Waals surface area contributed by atoms with Crippen molar-refractivity contribution >= 4 is 73.0 Å². The van der Waals surface area contributed by atoms with Crippen molar-refractivity contribution in [2.24, 2.45) is 5.73 Å². The van der Waals surface area contributed by atoms with Crippen LogP contribution in [0.3, 0.4) is 0 Å². The van der Waals surface area contributed by atoms with Gasteiger partial charge in [0.25, 0.3) is 0 Å². The highest BCUT2D eigenvalue weighted by molar-refractivity contribution is 8.78. The number of benzene rings is 2. The molecule has 0 saturated carbocycles. The predicted molar refractivity (Wildman–Crippen MR) is 170 cm³/mol. The van der Waals surface area contributed by atoms with E-state index < -0.39 is 16.1 Å². The van der Waals surface area contributed by atoms with Crippen LogP contribution < -0.4 is 20.7 Å². The molecule has 0 heterocycles. The van der Waals surface area contributed by atoms with Crippen molar-refractivity contribution in [3.05, 3.63) is 47.0 Å². The first-order chi connectivity index (χ1) is 18.7. The second-order valence-corrected chi connectivity index (χ2v) is 13.0. The monoisotopic (exact) mass is 633 g/mol. The number of hydrogen-bond acceptors (Lipinski definition) is 9. The lowest BCUT2D eigenvalue weighted by molar-refractivity contribution is -0.116. The number of rotatable bonds is 17. The molecule has 10 nitrogen and oxygen atoms in total. The third-order valence-electron chi connectivity index (χ3n) is 5.66. The van der Waals surface area contributed by atoms with Crippen LogP contribution in [0.15, 0.2) is 51.9 Å². The lowest BCUT2D eigenvalue weighted by Gasteiger charge is -2.21. The van der Waals surface area contributed by atoms with Gasteiger partial charge in [-0.2, -0.15) is 0 Å². The summed E-state index contributed by atoms with van der Waals surface area (Å²) in [6, 6.07) is 10.7. The molecule has 0 aliphatic carbocycles. The van der Waals surface area contributed by atoms with Gasteiger partial charge in [0.1, 0.15) is 0 Å². The van der Waals surface area contributed by atoms with Gasteiger partial charge in [-0.05, 0) is 25.5 Å². The molecule has 0 spiro atoms. The van der Waals surface area contributed by atoms with E-state index in [1.54, 1.807) is 44.7 Å². The minimum atomic E-state index is -3.81. The largest absolute Gasteiger partial charge is 0.449 e. The van der Waals surface area contributed by atoms with Crippen molar-refractivity contribution in [1.29, 1.82) is 0 Å². The average Bonchev–Trinajstić information content (AvgIpc) is 2.92. The van der Waals surface area contributed by atoms with E-state index in [9.17, 15) is 18.0 Å². The molecule has 40 heavy (non-hydrogen) atoms. The van der Waals surface area contributed by atoms with Crippen molar-refractivity contribution in [3.8, 4) is 0 Å². The number of amides is 2. The molecule has 0 aromatic heterocycles. The number of carbonyl (C=O) groups is 2. The van der Waals surface area contributed by atoms with Crippen molar-refractivity contribution in [3.63, 3.8) is 0 Å². The molecule has 0 atom stereocenters. The Labute approximate surface area is 251 Å². The Kier molecular flexibility index (Phi) is 16.4. The van der Waals surface area contributed by atoms with E-state index >= 15 is 0 Å². The van der Waals surface area contributed by atoms with Crippen molar-refractivity contribution in [1.82, 2.24) is 14.9 Å². The Morgan fingerprint density at radius 2 is 1.82 bits per heavy atom. The predicted octanol–water partition coefficient (Wildman–Crippen LogP) is 4.16. The van der Waals surface area contributed by atoms with E-state index in [1.807, 2.05) is 44.1 Å². The van der Waals surface area contributed by atoms with Crippen LogP contribution in [0, 0.1) is 0 Å². The second kappa shape index (κ2) is 18.3. The molecule has 224 valence electrons. The van der Waals surface area contributed by atoms with E-state index in [0.29, 0.717) is 24.9 Å². The summed E-state index contributed by atoms with van der Waals surface area (Å²) in [6.45, 7) is 4.87. The minimum absolute atomic E-state index is 0. The van der Waals surface area contributed by atoms with Gasteiger partial charge in [0.2, 0.25) is 16.4 Å². The Balaban J connectivity index is 0.00000800. The molecule has 0 saturated heterocycles. The number of nitrogens with one attached hydrogen (secondary N) is 2. The third kappa shape index (κ3) is 10.7. The van der Waals surface area contributed by atoms with Crippen LogP contribution in [-0.2, 0) is 19.6 Å². The maximum Gasteiger partial charge on any atom is 0.407 e. The lowest BCUT2D eigenvalue weighted by Crippen LogP contribution is -2.35. The molecule has 2 amide bonds. The van der Waals surface area contributed by atoms with Crippen LogP contribution in [-0.4, -0.2) is 78.5 Å². The summed E-state index contributed by atoms with van der Waals surface area (Å²) in [5.41, 5.74) is 7.31. The highest BCUT2D eigenvalue weighted by atomic mass is 35.5. The van der Waals surface area contributed by atoms with Gasteiger partial charge in [-0.25, -0.2) is 17.9 Å². The van der Waals surface area contributed by atoms with Gasteiger partial charge in [0.15, 0.2) is 0 Å². The summed E-state index contributed by atoms with van der Waals surface area (Å²) in [4.78, 5) is 28.2. The molecule has 4 N–H and O–H groups in total. The van der Waals surface area contributed by atoms with E-state index in [2.05, 4.69) is 17.0 Å². The Morgan fingerprint density at radius 1 is 1.12 bits per heavy atom. The molecule has 0 aliphatic heterocycles. The number of ether oxygens (including phenoxy) is 1. The zero-order valence-corrected chi connectivity index (χ0v) is 26.6. The molecule has 0 unspecified atom stereocenters. The average molecular weight is 634 g/mol. The molecule has 2 aromatic carbocycles. The molecule has 2 aromatic rings. The minimum Gasteiger partial charge on any atom is -0.449 e. The topological polar surface area (TPSA) is 134 Å². The Morgan fingerprint density at radius 3 is 2.48 bits per heavy atom. The number of alkyl carbamates (subject to hydrolysis) is 1. The van der Waals surface area contributed by atoms with Gasteiger partial charge >= 0.3 is 6.09 Å². The van der Waals surface area contributed by atoms with Crippen molar-refractivity contribution in [2.75, 3.05) is 57.5 Å². The van der Waals surface area contributed by atoms with Crippen LogP contribution >= 0.6 is 34.0 Å². The van der Waals surface area contributed by atoms with Gasteiger partial charge in [0, 0.05) is 79.5 Å². The summed E-state index contributed by atoms with van der Waals surface area (Å²) < 4.78 is 33.8. The lowest BCUT2D eigenvalue weighted by atomic mass is 10.1. The fourth-order valence-electron chi connectivity index (χ4n) is 3.68. The van der Waals surface area contributed by atoms with E-state index in [1.165, 1.54) is 0 Å². The second-order valence-electron chi connectivity index (χ2n) is 8.73. The summed E-state index contributed by atoms with van der Waals surface area (Å²) >= 11 is 0. The highest BCUT2D eigenvalue weighted by Crippen LogP contribution is 2.35. The number of carbonyl (C=O) groups excluding carboxylic acids is 2. The molecule has 0 fully saturated rings. The van der Waals surface area contributed by atoms with E-state index in [4.69, 9.17) is 10.5 Å². The first-order valence-electron chi connectivity index (χ1n) is 12.7. The van der Waals surface area contributed by atoms with E-state index in [0.717, 1.165) is 40.3 Å². The molecule has 0 bridgehead atoms. The fraction of sp³-hybridized carbons (Fsp3) is 0.462. The maximum absolute atomic E-state index is 13.0. The zero-order valence-electron chi connectivity index (χ0n) is 23.3. The van der Waals surface area contributed by atoms with Crippen LogP contribution in [0.2, 0.25) is 0 Å². The molecule has 0 aliphatic rings. The van der Waals surface area contributed by atoms with Gasteiger partial charge in [-0.3, -0.25) is 4.79 Å². The summed E-state index contributed by atoms with van der Waals surface area (Å²) in [7, 11) is 3.25. The Bertz CT molecular complexity index is 1240. The van der Waals surface area contributed by atoms with Gasteiger partial charge in [-0.1, -0.05) is 52.8 Å². The normalized spacial score (nSPS) is 11.8.